The van der Waals surface area contributed by atoms with Crippen molar-refractivity contribution in [3.8, 4) is 0 Å². The van der Waals surface area contributed by atoms with Gasteiger partial charge >= 0.3 is 0 Å². The van der Waals surface area contributed by atoms with Gasteiger partial charge in [-0.3, -0.25) is 4.79 Å². The summed E-state index contributed by atoms with van der Waals surface area (Å²) in [6, 6.07) is 7.77. The Kier molecular flexibility index (Phi) is 4.59. The number of nitrogens with one attached hydrogen (secondary N) is 1. The first-order chi connectivity index (χ1) is 12.6. The van der Waals surface area contributed by atoms with Crippen molar-refractivity contribution >= 4 is 11.6 Å². The molecule has 2 aliphatic heterocycles. The van der Waals surface area contributed by atoms with E-state index in [1.165, 1.54) is 5.56 Å². The average molecular weight is 351 g/mol. The van der Waals surface area contributed by atoms with Crippen LogP contribution in [0.15, 0.2) is 30.5 Å². The summed E-state index contributed by atoms with van der Waals surface area (Å²) in [5.41, 5.74) is 4.12. The normalized spacial score (nSPS) is 19.3. The summed E-state index contributed by atoms with van der Waals surface area (Å²) in [6.07, 6.45) is 4.78. The van der Waals surface area contributed by atoms with Gasteiger partial charge in [-0.05, 0) is 37.1 Å². The van der Waals surface area contributed by atoms with Gasteiger partial charge in [-0.1, -0.05) is 0 Å². The van der Waals surface area contributed by atoms with Crippen molar-refractivity contribution in [3.05, 3.63) is 53.1 Å². The minimum Gasteiger partial charge on any atom is -0.378 e. The Hall–Kier alpha value is -2.47. The molecule has 0 radical (unpaired) electrons. The van der Waals surface area contributed by atoms with Gasteiger partial charge in [0.15, 0.2) is 5.82 Å². The zero-order valence-corrected chi connectivity index (χ0v) is 15.4. The van der Waals surface area contributed by atoms with Crippen LogP contribution in [0.3, 0.4) is 0 Å². The van der Waals surface area contributed by atoms with Gasteiger partial charge in [-0.2, -0.15) is 0 Å². The first kappa shape index (κ1) is 17.0. The fourth-order valence-electron chi connectivity index (χ4n) is 3.76. The Labute approximate surface area is 154 Å². The van der Waals surface area contributed by atoms with E-state index in [9.17, 15) is 4.79 Å². The molecule has 1 aromatic carbocycles. The van der Waals surface area contributed by atoms with E-state index in [0.29, 0.717) is 0 Å². The zero-order valence-electron chi connectivity index (χ0n) is 15.4. The quantitative estimate of drug-likeness (QED) is 0.918. The van der Waals surface area contributed by atoms with Gasteiger partial charge in [0.05, 0.1) is 6.04 Å². The summed E-state index contributed by atoms with van der Waals surface area (Å²) >= 11 is 0. The van der Waals surface area contributed by atoms with E-state index in [0.717, 1.165) is 61.7 Å². The van der Waals surface area contributed by atoms with E-state index in [4.69, 9.17) is 4.98 Å². The molecule has 0 spiro atoms. The highest BCUT2D eigenvalue weighted by molar-refractivity contribution is 5.95. The van der Waals surface area contributed by atoms with Gasteiger partial charge in [0, 0.05) is 68.9 Å². The number of nitrogens with zero attached hydrogens (tertiary/aromatic N) is 4. The van der Waals surface area contributed by atoms with Crippen molar-refractivity contribution in [1.29, 1.82) is 0 Å². The Bertz CT molecular complexity index is 802. The Morgan fingerprint density at radius 3 is 2.85 bits per heavy atom. The van der Waals surface area contributed by atoms with E-state index in [2.05, 4.69) is 10.3 Å². The zero-order chi connectivity index (χ0) is 18.1. The number of hydrogen-bond acceptors (Lipinski definition) is 5. The SMILES string of the molecule is CN(C)c1ccc(C(=O)N2CCCC2c2ncc3c(n2)CCNC3)cc1. The second-order valence-corrected chi connectivity index (χ2v) is 7.22. The van der Waals surface area contributed by atoms with Crippen molar-refractivity contribution < 1.29 is 4.79 Å². The van der Waals surface area contributed by atoms with Gasteiger partial charge in [-0.15, -0.1) is 0 Å². The molecule has 1 saturated heterocycles. The minimum absolute atomic E-state index is 0.0174. The maximum atomic E-state index is 13.0. The van der Waals surface area contributed by atoms with Crippen molar-refractivity contribution in [3.63, 3.8) is 0 Å². The molecule has 26 heavy (non-hydrogen) atoms. The van der Waals surface area contributed by atoms with Crippen LogP contribution < -0.4 is 10.2 Å². The second kappa shape index (κ2) is 7.03. The summed E-state index contributed by atoms with van der Waals surface area (Å²) < 4.78 is 0. The van der Waals surface area contributed by atoms with Crippen LogP contribution in [0.25, 0.3) is 0 Å². The number of carbonyl (C=O) groups is 1. The van der Waals surface area contributed by atoms with Gasteiger partial charge in [0.25, 0.3) is 5.91 Å². The van der Waals surface area contributed by atoms with Gasteiger partial charge < -0.3 is 15.1 Å². The lowest BCUT2D eigenvalue weighted by atomic mass is 10.1. The molecule has 6 heteroatoms. The fourth-order valence-corrected chi connectivity index (χ4v) is 3.76. The monoisotopic (exact) mass is 351 g/mol. The molecule has 136 valence electrons. The maximum Gasteiger partial charge on any atom is 0.254 e. The summed E-state index contributed by atoms with van der Waals surface area (Å²) in [5, 5.41) is 3.34. The molecule has 1 atom stereocenters. The minimum atomic E-state index is -0.0174. The third-order valence-electron chi connectivity index (χ3n) is 5.27. The lowest BCUT2D eigenvalue weighted by Gasteiger charge is -2.25. The van der Waals surface area contributed by atoms with Gasteiger partial charge in [0.1, 0.15) is 0 Å². The molecular formula is C20H25N5O. The lowest BCUT2D eigenvalue weighted by Crippen LogP contribution is -2.32. The largest absolute Gasteiger partial charge is 0.378 e. The van der Waals surface area contributed by atoms with Crippen LogP contribution in [-0.2, 0) is 13.0 Å². The highest BCUT2D eigenvalue weighted by Crippen LogP contribution is 2.32. The van der Waals surface area contributed by atoms with Crippen molar-refractivity contribution in [2.24, 2.45) is 0 Å². The van der Waals surface area contributed by atoms with Crippen LogP contribution in [0, 0.1) is 0 Å². The van der Waals surface area contributed by atoms with E-state index in [-0.39, 0.29) is 11.9 Å². The Balaban J connectivity index is 1.57. The van der Waals surface area contributed by atoms with Crippen LogP contribution in [-0.4, -0.2) is 48.0 Å². The smallest absolute Gasteiger partial charge is 0.254 e. The average Bonchev–Trinajstić information content (AvgIpc) is 3.17. The Morgan fingerprint density at radius 2 is 2.08 bits per heavy atom. The number of benzene rings is 1. The molecule has 2 aliphatic rings. The van der Waals surface area contributed by atoms with Crippen LogP contribution in [0.5, 0.6) is 0 Å². The molecule has 1 unspecified atom stereocenters. The van der Waals surface area contributed by atoms with Crippen LogP contribution in [0.1, 0.15) is 46.3 Å². The van der Waals surface area contributed by atoms with Gasteiger partial charge in [-0.25, -0.2) is 9.97 Å². The molecular weight excluding hydrogens is 326 g/mol. The predicted molar refractivity (Wildman–Crippen MR) is 101 cm³/mol. The molecule has 1 N–H and O–H groups in total. The number of rotatable bonds is 3. The highest BCUT2D eigenvalue weighted by atomic mass is 16.2. The number of amides is 1. The molecule has 1 amide bonds. The third kappa shape index (κ3) is 3.17. The molecule has 4 rings (SSSR count). The lowest BCUT2D eigenvalue weighted by molar-refractivity contribution is 0.0729. The van der Waals surface area contributed by atoms with E-state index in [1.54, 1.807) is 0 Å². The first-order valence-electron chi connectivity index (χ1n) is 9.27. The van der Waals surface area contributed by atoms with E-state index in [1.807, 2.05) is 54.4 Å². The number of aromatic nitrogens is 2. The topological polar surface area (TPSA) is 61.4 Å². The second-order valence-electron chi connectivity index (χ2n) is 7.22. The molecule has 0 aliphatic carbocycles. The summed E-state index contributed by atoms with van der Waals surface area (Å²) in [7, 11) is 3.99. The number of anilines is 1. The van der Waals surface area contributed by atoms with E-state index < -0.39 is 0 Å². The third-order valence-corrected chi connectivity index (χ3v) is 5.27. The molecule has 1 fully saturated rings. The fraction of sp³-hybridized carbons (Fsp3) is 0.450. The van der Waals surface area contributed by atoms with Crippen molar-refractivity contribution in [2.45, 2.75) is 31.8 Å². The predicted octanol–water partition coefficient (Wildman–Crippen LogP) is 2.17. The first-order valence-corrected chi connectivity index (χ1v) is 9.27. The molecule has 2 aromatic rings. The van der Waals surface area contributed by atoms with Crippen LogP contribution in [0.2, 0.25) is 0 Å². The standard InChI is InChI=1S/C20H25N5O/c1-24(2)16-7-5-14(6-8-16)20(26)25-11-3-4-18(25)19-22-13-15-12-21-10-9-17(15)23-19/h5-8,13,18,21H,3-4,9-12H2,1-2H3. The molecule has 0 bridgehead atoms. The summed E-state index contributed by atoms with van der Waals surface area (Å²) in [5.74, 6) is 0.863. The highest BCUT2D eigenvalue weighted by Gasteiger charge is 2.33. The van der Waals surface area contributed by atoms with E-state index >= 15 is 0 Å². The summed E-state index contributed by atoms with van der Waals surface area (Å²) in [4.78, 5) is 26.4. The number of hydrogen-bond donors (Lipinski definition) is 1. The molecule has 3 heterocycles. The van der Waals surface area contributed by atoms with Crippen LogP contribution in [0.4, 0.5) is 5.69 Å². The molecule has 6 nitrogen and oxygen atoms in total. The number of likely N-dealkylation sites (tertiary alicyclic amines) is 1. The maximum absolute atomic E-state index is 13.0. The van der Waals surface area contributed by atoms with Gasteiger partial charge in [0.2, 0.25) is 0 Å². The Morgan fingerprint density at radius 1 is 1.27 bits per heavy atom. The summed E-state index contributed by atoms with van der Waals surface area (Å²) in [6.45, 7) is 2.55. The van der Waals surface area contributed by atoms with Crippen molar-refractivity contribution in [1.82, 2.24) is 20.2 Å². The number of carbonyl (C=O) groups excluding carboxylic acids is 1. The van der Waals surface area contributed by atoms with Crippen LogP contribution >= 0.6 is 0 Å². The molecule has 1 aromatic heterocycles. The number of fused-ring (bicyclic) bond motifs is 1. The van der Waals surface area contributed by atoms with Crippen molar-refractivity contribution in [2.75, 3.05) is 32.1 Å². The molecule has 0 saturated carbocycles.